The summed E-state index contributed by atoms with van der Waals surface area (Å²) in [4.78, 5) is 31.8. The van der Waals surface area contributed by atoms with E-state index in [9.17, 15) is 9.59 Å². The fourth-order valence-electron chi connectivity index (χ4n) is 3.41. The van der Waals surface area contributed by atoms with Gasteiger partial charge in [0.05, 0.1) is 11.6 Å². The SMILES string of the molecule is CCCCNC(=O)c1cccc2nc(C(C)C(=O)N3CCCCC3)cn12. The molecule has 6 heteroatoms. The number of amides is 2. The molecule has 140 valence electrons. The molecule has 3 heterocycles. The second-order valence-electron chi connectivity index (χ2n) is 7.02. The fraction of sp³-hybridized carbons (Fsp3) is 0.550. The van der Waals surface area contributed by atoms with Crippen LogP contribution in [0.1, 0.15) is 68.1 Å². The van der Waals surface area contributed by atoms with Crippen molar-refractivity contribution in [2.24, 2.45) is 0 Å². The van der Waals surface area contributed by atoms with Gasteiger partial charge in [-0.3, -0.25) is 14.0 Å². The number of aromatic nitrogens is 2. The number of pyridine rings is 1. The lowest BCUT2D eigenvalue weighted by Gasteiger charge is -2.28. The number of piperidine rings is 1. The molecule has 1 unspecified atom stereocenters. The van der Waals surface area contributed by atoms with Crippen molar-refractivity contribution in [1.82, 2.24) is 19.6 Å². The highest BCUT2D eigenvalue weighted by atomic mass is 16.2. The van der Waals surface area contributed by atoms with Crippen molar-refractivity contribution in [2.45, 2.75) is 51.9 Å². The Bertz CT molecular complexity index is 777. The van der Waals surface area contributed by atoms with Gasteiger partial charge in [0.15, 0.2) is 0 Å². The van der Waals surface area contributed by atoms with Crippen LogP contribution in [0.15, 0.2) is 24.4 Å². The Morgan fingerprint density at radius 2 is 2.00 bits per heavy atom. The number of nitrogens with zero attached hydrogens (tertiary/aromatic N) is 3. The monoisotopic (exact) mass is 356 g/mol. The molecule has 0 aliphatic carbocycles. The van der Waals surface area contributed by atoms with Gasteiger partial charge in [-0.1, -0.05) is 19.4 Å². The van der Waals surface area contributed by atoms with Crippen LogP contribution >= 0.6 is 0 Å². The highest BCUT2D eigenvalue weighted by molar-refractivity contribution is 5.93. The quantitative estimate of drug-likeness (QED) is 0.809. The molecule has 1 aliphatic rings. The first kappa shape index (κ1) is 18.4. The van der Waals surface area contributed by atoms with Crippen LogP contribution in [-0.2, 0) is 4.79 Å². The van der Waals surface area contributed by atoms with Gasteiger partial charge in [0.2, 0.25) is 5.91 Å². The van der Waals surface area contributed by atoms with Gasteiger partial charge in [-0.2, -0.15) is 0 Å². The maximum atomic E-state index is 12.8. The van der Waals surface area contributed by atoms with E-state index in [1.165, 1.54) is 6.42 Å². The number of likely N-dealkylation sites (tertiary alicyclic amines) is 1. The molecule has 6 nitrogen and oxygen atoms in total. The summed E-state index contributed by atoms with van der Waals surface area (Å²) >= 11 is 0. The molecule has 0 radical (unpaired) electrons. The van der Waals surface area contributed by atoms with Gasteiger partial charge in [-0.15, -0.1) is 0 Å². The molecule has 0 saturated carbocycles. The minimum atomic E-state index is -0.302. The van der Waals surface area contributed by atoms with E-state index in [1.54, 1.807) is 10.5 Å². The summed E-state index contributed by atoms with van der Waals surface area (Å²) in [6.45, 7) is 6.33. The van der Waals surface area contributed by atoms with Gasteiger partial charge >= 0.3 is 0 Å². The minimum Gasteiger partial charge on any atom is -0.351 e. The zero-order chi connectivity index (χ0) is 18.5. The summed E-state index contributed by atoms with van der Waals surface area (Å²) in [7, 11) is 0. The predicted octanol–water partition coefficient (Wildman–Crippen LogP) is 2.98. The van der Waals surface area contributed by atoms with Crippen LogP contribution in [0.25, 0.3) is 5.65 Å². The zero-order valence-electron chi connectivity index (χ0n) is 15.7. The van der Waals surface area contributed by atoms with Gasteiger partial charge < -0.3 is 10.2 Å². The molecular weight excluding hydrogens is 328 g/mol. The molecule has 3 rings (SSSR count). The van der Waals surface area contributed by atoms with E-state index >= 15 is 0 Å². The summed E-state index contributed by atoms with van der Waals surface area (Å²) in [5.74, 6) is -0.283. The highest BCUT2D eigenvalue weighted by Gasteiger charge is 2.25. The van der Waals surface area contributed by atoms with Crippen LogP contribution in [-0.4, -0.2) is 45.7 Å². The van der Waals surface area contributed by atoms with Crippen LogP contribution in [0, 0.1) is 0 Å². The molecular formula is C20H28N4O2. The third-order valence-corrected chi connectivity index (χ3v) is 5.04. The average Bonchev–Trinajstić information content (AvgIpc) is 3.11. The van der Waals surface area contributed by atoms with Gasteiger partial charge in [-0.05, 0) is 44.7 Å². The molecule has 1 atom stereocenters. The zero-order valence-corrected chi connectivity index (χ0v) is 15.7. The molecule has 2 aromatic heterocycles. The van der Waals surface area contributed by atoms with E-state index in [-0.39, 0.29) is 17.7 Å². The van der Waals surface area contributed by atoms with Crippen LogP contribution in [0.5, 0.6) is 0 Å². The average molecular weight is 356 g/mol. The van der Waals surface area contributed by atoms with Gasteiger partial charge in [-0.25, -0.2) is 4.98 Å². The smallest absolute Gasteiger partial charge is 0.268 e. The van der Waals surface area contributed by atoms with Crippen molar-refractivity contribution < 1.29 is 9.59 Å². The fourth-order valence-corrected chi connectivity index (χ4v) is 3.41. The molecule has 0 spiro atoms. The molecule has 2 amide bonds. The Balaban J connectivity index is 1.81. The van der Waals surface area contributed by atoms with Gasteiger partial charge in [0.25, 0.3) is 5.91 Å². The minimum absolute atomic E-state index is 0.108. The topological polar surface area (TPSA) is 66.7 Å². The number of imidazole rings is 1. The first-order chi connectivity index (χ1) is 12.6. The predicted molar refractivity (Wildman–Crippen MR) is 101 cm³/mol. The second kappa shape index (κ2) is 8.34. The Labute approximate surface area is 154 Å². The van der Waals surface area contributed by atoms with E-state index in [0.29, 0.717) is 17.9 Å². The van der Waals surface area contributed by atoms with Crippen LogP contribution in [0.2, 0.25) is 0 Å². The molecule has 0 bridgehead atoms. The summed E-state index contributed by atoms with van der Waals surface area (Å²) in [5.41, 5.74) is 1.96. The van der Waals surface area contributed by atoms with E-state index < -0.39 is 0 Å². The maximum Gasteiger partial charge on any atom is 0.268 e. The van der Waals surface area contributed by atoms with Crippen molar-refractivity contribution in [3.63, 3.8) is 0 Å². The third-order valence-electron chi connectivity index (χ3n) is 5.04. The third kappa shape index (κ3) is 3.89. The molecule has 1 saturated heterocycles. The van der Waals surface area contributed by atoms with E-state index in [4.69, 9.17) is 0 Å². The van der Waals surface area contributed by atoms with E-state index in [0.717, 1.165) is 44.5 Å². The number of nitrogens with one attached hydrogen (secondary N) is 1. The Hall–Kier alpha value is -2.37. The molecule has 1 fully saturated rings. The normalized spacial score (nSPS) is 15.8. The summed E-state index contributed by atoms with van der Waals surface area (Å²) < 4.78 is 1.79. The first-order valence-electron chi connectivity index (χ1n) is 9.66. The van der Waals surface area contributed by atoms with Gasteiger partial charge in [0, 0.05) is 25.8 Å². The second-order valence-corrected chi connectivity index (χ2v) is 7.02. The standard InChI is InChI=1S/C20H28N4O2/c1-3-4-11-21-19(25)17-9-8-10-18-22-16(14-24(17)18)15(2)20(26)23-12-6-5-7-13-23/h8-10,14-15H,3-7,11-13H2,1-2H3,(H,21,25). The Morgan fingerprint density at radius 3 is 2.73 bits per heavy atom. The number of hydrogen-bond acceptors (Lipinski definition) is 3. The van der Waals surface area contributed by atoms with Crippen LogP contribution in [0.3, 0.4) is 0 Å². The van der Waals surface area contributed by atoms with Crippen molar-refractivity contribution in [3.05, 3.63) is 35.8 Å². The molecule has 1 aliphatic heterocycles. The number of carbonyl (C=O) groups excluding carboxylic acids is 2. The number of hydrogen-bond donors (Lipinski definition) is 1. The van der Waals surface area contributed by atoms with Crippen LogP contribution < -0.4 is 5.32 Å². The number of carbonyl (C=O) groups is 2. The summed E-state index contributed by atoms with van der Waals surface area (Å²) in [6, 6.07) is 5.49. The van der Waals surface area contributed by atoms with E-state index in [2.05, 4.69) is 17.2 Å². The highest BCUT2D eigenvalue weighted by Crippen LogP contribution is 2.21. The van der Waals surface area contributed by atoms with Crippen molar-refractivity contribution in [3.8, 4) is 0 Å². The first-order valence-corrected chi connectivity index (χ1v) is 9.66. The van der Waals surface area contributed by atoms with Crippen molar-refractivity contribution in [2.75, 3.05) is 19.6 Å². The maximum absolute atomic E-state index is 12.8. The van der Waals surface area contributed by atoms with Crippen molar-refractivity contribution in [1.29, 1.82) is 0 Å². The molecule has 2 aromatic rings. The lowest BCUT2D eigenvalue weighted by molar-refractivity contribution is -0.133. The lowest BCUT2D eigenvalue weighted by atomic mass is 10.0. The Kier molecular flexibility index (Phi) is 5.91. The molecule has 1 N–H and O–H groups in total. The van der Waals surface area contributed by atoms with Gasteiger partial charge in [0.1, 0.15) is 11.3 Å². The Morgan fingerprint density at radius 1 is 1.23 bits per heavy atom. The number of unbranched alkanes of at least 4 members (excludes halogenated alkanes) is 1. The summed E-state index contributed by atoms with van der Waals surface area (Å²) in [6.07, 6.45) is 7.17. The van der Waals surface area contributed by atoms with Crippen LogP contribution in [0.4, 0.5) is 0 Å². The van der Waals surface area contributed by atoms with Crippen molar-refractivity contribution >= 4 is 17.5 Å². The number of rotatable bonds is 6. The lowest BCUT2D eigenvalue weighted by Crippen LogP contribution is -2.38. The van der Waals surface area contributed by atoms with E-state index in [1.807, 2.05) is 30.2 Å². The summed E-state index contributed by atoms with van der Waals surface area (Å²) in [5, 5.41) is 2.94. The number of fused-ring (bicyclic) bond motifs is 1. The molecule has 0 aromatic carbocycles. The largest absolute Gasteiger partial charge is 0.351 e. The molecule has 26 heavy (non-hydrogen) atoms.